The fourth-order valence-electron chi connectivity index (χ4n) is 8.36. The molecule has 0 aliphatic carbocycles. The lowest BCUT2D eigenvalue weighted by atomic mass is 10.0. The van der Waals surface area contributed by atoms with Crippen LogP contribution in [0.25, 0.3) is 0 Å². The zero-order chi connectivity index (χ0) is 37.3. The third kappa shape index (κ3) is 34.9. The maximum absolute atomic E-state index is 2.58. The summed E-state index contributed by atoms with van der Waals surface area (Å²) in [5.74, 6) is 0. The van der Waals surface area contributed by atoms with Crippen molar-refractivity contribution in [3.05, 3.63) is 29.6 Å². The van der Waals surface area contributed by atoms with Crippen molar-refractivity contribution in [2.45, 2.75) is 297 Å². The van der Waals surface area contributed by atoms with E-state index in [1.165, 1.54) is 276 Å². The molecule has 0 aromatic carbocycles. The number of hydrogen-bond donors (Lipinski definition) is 0. The summed E-state index contributed by atoms with van der Waals surface area (Å²) >= 11 is 0. The first-order valence-corrected chi connectivity index (χ1v) is 24.8. The minimum atomic E-state index is 1.21. The second-order valence-electron chi connectivity index (χ2n) is 17.4. The van der Waals surface area contributed by atoms with Gasteiger partial charge in [-0.2, -0.15) is 0 Å². The van der Waals surface area contributed by atoms with Gasteiger partial charge in [0, 0.05) is 17.5 Å². The van der Waals surface area contributed by atoms with Gasteiger partial charge in [-0.05, 0) is 38.2 Å². The van der Waals surface area contributed by atoms with Crippen LogP contribution in [0.1, 0.15) is 289 Å². The van der Waals surface area contributed by atoms with Gasteiger partial charge in [0.1, 0.15) is 6.54 Å². The Kier molecular flexibility index (Phi) is 39.1. The van der Waals surface area contributed by atoms with Gasteiger partial charge in [-0.3, -0.25) is 0 Å². The Labute approximate surface area is 330 Å². The molecule has 52 heavy (non-hydrogen) atoms. The molecule has 0 aliphatic heterocycles. The first kappa shape index (κ1) is 49.2. The quantitative estimate of drug-likeness (QED) is 0.0466. The van der Waals surface area contributed by atoms with Crippen LogP contribution in [0.15, 0.2) is 18.5 Å². The Hall–Kier alpha value is -0.850. The molecule has 1 aromatic rings. The topological polar surface area (TPSA) is 3.88 Å². The lowest BCUT2D eigenvalue weighted by molar-refractivity contribution is -0.698. The summed E-state index contributed by atoms with van der Waals surface area (Å²) in [4.78, 5) is 0. The molecule has 1 rings (SSSR count). The van der Waals surface area contributed by atoms with Gasteiger partial charge < -0.3 is 0 Å². The van der Waals surface area contributed by atoms with Crippen LogP contribution in [0.3, 0.4) is 0 Å². The maximum atomic E-state index is 2.58. The number of hydrogen-bond acceptors (Lipinski definition) is 0. The van der Waals surface area contributed by atoms with E-state index in [1.54, 1.807) is 11.1 Å². The summed E-state index contributed by atoms with van der Waals surface area (Å²) in [6, 6.07) is 2.58. The summed E-state index contributed by atoms with van der Waals surface area (Å²) in [6.45, 7) is 8.16. The van der Waals surface area contributed by atoms with E-state index in [-0.39, 0.29) is 0 Å². The highest BCUT2D eigenvalue weighted by Gasteiger charge is 2.09. The molecule has 0 fully saturated rings. The molecule has 1 nitrogen and oxygen atoms in total. The molecule has 0 saturated heterocycles. The van der Waals surface area contributed by atoms with E-state index in [0.29, 0.717) is 0 Å². The fraction of sp³-hybridized carbons (Fsp3) is 0.902. The van der Waals surface area contributed by atoms with E-state index in [2.05, 4.69) is 43.8 Å². The van der Waals surface area contributed by atoms with Crippen LogP contribution in [-0.4, -0.2) is 0 Å². The molecule has 0 unspecified atom stereocenters. The lowest BCUT2D eigenvalue weighted by Crippen LogP contribution is -2.34. The summed E-state index contributed by atoms with van der Waals surface area (Å²) < 4.78 is 2.58. The normalized spacial score (nSPS) is 11.6. The van der Waals surface area contributed by atoms with E-state index in [9.17, 15) is 0 Å². The van der Waals surface area contributed by atoms with Gasteiger partial charge >= 0.3 is 0 Å². The SMILES string of the molecule is CCCCCCCCCCCCCCCCCCCc1cc(CCCCCCCCCCCCCCCCCCC)c[n+](CCCCCCCC)c1. The number of rotatable bonds is 43. The molecule has 1 aromatic heterocycles. The molecule has 1 heteroatoms. The number of pyridine rings is 1. The van der Waals surface area contributed by atoms with Crippen molar-refractivity contribution < 1.29 is 4.57 Å². The second kappa shape index (κ2) is 41.3. The molecule has 0 saturated carbocycles. The van der Waals surface area contributed by atoms with Crippen LogP contribution in [-0.2, 0) is 19.4 Å². The number of aromatic nitrogens is 1. The van der Waals surface area contributed by atoms with Gasteiger partial charge in [0.15, 0.2) is 12.4 Å². The van der Waals surface area contributed by atoms with Gasteiger partial charge in [-0.15, -0.1) is 0 Å². The van der Waals surface area contributed by atoms with Gasteiger partial charge in [-0.25, -0.2) is 4.57 Å². The third-order valence-corrected chi connectivity index (χ3v) is 11.9. The summed E-state index contributed by atoms with van der Waals surface area (Å²) in [5.41, 5.74) is 3.22. The highest BCUT2D eigenvalue weighted by molar-refractivity contribution is 5.15. The van der Waals surface area contributed by atoms with Crippen molar-refractivity contribution in [3.8, 4) is 0 Å². The van der Waals surface area contributed by atoms with Gasteiger partial charge in [0.2, 0.25) is 0 Å². The van der Waals surface area contributed by atoms with Gasteiger partial charge in [-0.1, -0.05) is 252 Å². The molecule has 1 heterocycles. The van der Waals surface area contributed by atoms with Crippen molar-refractivity contribution >= 4 is 0 Å². The maximum Gasteiger partial charge on any atom is 0.171 e. The molecule has 0 spiro atoms. The molecular weight excluding hydrogens is 627 g/mol. The van der Waals surface area contributed by atoms with Crippen LogP contribution < -0.4 is 4.57 Å². The van der Waals surface area contributed by atoms with E-state index < -0.39 is 0 Å². The minimum Gasteiger partial charge on any atom is -0.205 e. The van der Waals surface area contributed by atoms with Crippen molar-refractivity contribution in [1.82, 2.24) is 0 Å². The number of nitrogens with zero attached hydrogens (tertiary/aromatic N) is 1. The Balaban J connectivity index is 2.17. The van der Waals surface area contributed by atoms with Crippen molar-refractivity contribution in [3.63, 3.8) is 0 Å². The van der Waals surface area contributed by atoms with Crippen LogP contribution in [0.4, 0.5) is 0 Å². The minimum absolute atomic E-state index is 1.21. The lowest BCUT2D eigenvalue weighted by Gasteiger charge is -2.07. The molecule has 0 amide bonds. The van der Waals surface area contributed by atoms with Crippen molar-refractivity contribution in [1.29, 1.82) is 0 Å². The summed E-state index contributed by atoms with van der Waals surface area (Å²) in [7, 11) is 0. The fourth-order valence-corrected chi connectivity index (χ4v) is 8.36. The number of unbranched alkanes of at least 4 members (excludes halogenated alkanes) is 37. The van der Waals surface area contributed by atoms with Gasteiger partial charge in [0.05, 0.1) is 0 Å². The van der Waals surface area contributed by atoms with Crippen molar-refractivity contribution in [2.75, 3.05) is 0 Å². The smallest absolute Gasteiger partial charge is 0.171 e. The first-order chi connectivity index (χ1) is 25.8. The van der Waals surface area contributed by atoms with E-state index >= 15 is 0 Å². The summed E-state index contributed by atoms with van der Waals surface area (Å²) in [5, 5.41) is 0. The molecule has 0 radical (unpaired) electrons. The average molecular weight is 725 g/mol. The zero-order valence-corrected chi connectivity index (χ0v) is 36.6. The Morgan fingerprint density at radius 1 is 0.269 bits per heavy atom. The molecule has 0 aliphatic rings. The third-order valence-electron chi connectivity index (χ3n) is 11.9. The van der Waals surface area contributed by atoms with E-state index in [0.717, 1.165) is 0 Å². The summed E-state index contributed by atoms with van der Waals surface area (Å²) in [6.07, 6.45) is 65.3. The molecule has 0 atom stereocenters. The van der Waals surface area contributed by atoms with Crippen LogP contribution in [0.2, 0.25) is 0 Å². The monoisotopic (exact) mass is 725 g/mol. The highest BCUT2D eigenvalue weighted by Crippen LogP contribution is 2.18. The molecule has 0 N–H and O–H groups in total. The predicted octanol–water partition coefficient (Wildman–Crippen LogP) is 17.7. The van der Waals surface area contributed by atoms with Crippen molar-refractivity contribution in [2.24, 2.45) is 0 Å². The Morgan fingerprint density at radius 3 is 0.731 bits per heavy atom. The van der Waals surface area contributed by atoms with E-state index in [1.807, 2.05) is 0 Å². The van der Waals surface area contributed by atoms with Crippen LogP contribution in [0.5, 0.6) is 0 Å². The van der Waals surface area contributed by atoms with Crippen LogP contribution >= 0.6 is 0 Å². The molecule has 0 bridgehead atoms. The second-order valence-corrected chi connectivity index (χ2v) is 17.4. The van der Waals surface area contributed by atoms with Crippen LogP contribution in [0, 0.1) is 0 Å². The largest absolute Gasteiger partial charge is 0.205 e. The Morgan fingerprint density at radius 2 is 0.481 bits per heavy atom. The van der Waals surface area contributed by atoms with E-state index in [4.69, 9.17) is 0 Å². The molecule has 306 valence electrons. The molecular formula is C51H98N+. The zero-order valence-electron chi connectivity index (χ0n) is 36.6. The van der Waals surface area contributed by atoms with Gasteiger partial charge in [0.25, 0.3) is 0 Å². The highest BCUT2D eigenvalue weighted by atomic mass is 14.9. The standard InChI is InChI=1S/C51H98N/c1-4-7-10-13-16-18-20-22-24-26-28-30-32-34-36-38-41-44-50-47-51(49-52(48-50)46-43-40-15-12-9-6-3)45-42-39-37-35-33-31-29-27-25-23-21-19-17-14-11-8-5-2/h47-49H,4-46H2,1-3H3/q+1. The predicted molar refractivity (Wildman–Crippen MR) is 236 cm³/mol. The Bertz CT molecular complexity index is 757. The average Bonchev–Trinajstić information content (AvgIpc) is 3.15. The number of aryl methyl sites for hydroxylation is 3. The first-order valence-electron chi connectivity index (χ1n) is 24.8.